The molecule has 4 nitrogen and oxygen atoms in total. The van der Waals surface area contributed by atoms with E-state index in [1.807, 2.05) is 18.2 Å². The van der Waals surface area contributed by atoms with Crippen LogP contribution in [0, 0.1) is 0 Å². The van der Waals surface area contributed by atoms with Crippen molar-refractivity contribution < 1.29 is 4.79 Å². The van der Waals surface area contributed by atoms with E-state index in [2.05, 4.69) is 16.3 Å². The lowest BCUT2D eigenvalue weighted by molar-refractivity contribution is -0.121. The quantitative estimate of drug-likeness (QED) is 0.809. The van der Waals surface area contributed by atoms with E-state index in [-0.39, 0.29) is 18.3 Å². The highest BCUT2D eigenvalue weighted by Gasteiger charge is 2.36. The predicted molar refractivity (Wildman–Crippen MR) is 78.1 cm³/mol. The summed E-state index contributed by atoms with van der Waals surface area (Å²) in [7, 11) is 0. The number of hydrogen-bond acceptors (Lipinski definition) is 3. The molecule has 104 valence electrons. The van der Waals surface area contributed by atoms with Crippen molar-refractivity contribution in [1.29, 1.82) is 0 Å². The second-order valence-corrected chi connectivity index (χ2v) is 5.31. The number of nitrogens with two attached hydrogens (primary N) is 1. The highest BCUT2D eigenvalue weighted by molar-refractivity contribution is 5.85. The topological polar surface area (TPSA) is 58.4 Å². The van der Waals surface area contributed by atoms with Gasteiger partial charge in [0.15, 0.2) is 0 Å². The van der Waals surface area contributed by atoms with E-state index >= 15 is 0 Å². The summed E-state index contributed by atoms with van der Waals surface area (Å²) in [5.74, 6) is 0.194. The Morgan fingerprint density at radius 3 is 2.89 bits per heavy atom. The number of rotatable bonds is 2. The molecule has 1 aromatic carbocycles. The van der Waals surface area contributed by atoms with E-state index in [1.54, 1.807) is 0 Å². The molecule has 3 rings (SSSR count). The molecule has 1 aromatic rings. The number of carbonyl (C=O) groups is 1. The molecule has 1 amide bonds. The Bertz CT molecular complexity index is 466. The number of hydrogen-bond donors (Lipinski definition) is 2. The molecule has 0 radical (unpaired) electrons. The Balaban J connectivity index is 0.00000133. The van der Waals surface area contributed by atoms with Crippen LogP contribution in [0.4, 0.5) is 5.69 Å². The minimum absolute atomic E-state index is 0. The number of nitrogen functional groups attached to an aromatic ring is 1. The van der Waals surface area contributed by atoms with Gasteiger partial charge in [-0.2, -0.15) is 0 Å². The van der Waals surface area contributed by atoms with Crippen molar-refractivity contribution >= 4 is 24.0 Å². The third-order valence-corrected chi connectivity index (χ3v) is 4.04. The molecule has 2 fully saturated rings. The van der Waals surface area contributed by atoms with E-state index in [9.17, 15) is 4.79 Å². The van der Waals surface area contributed by atoms with Crippen LogP contribution in [-0.4, -0.2) is 29.4 Å². The minimum Gasteiger partial charge on any atom is -0.399 e. The highest BCUT2D eigenvalue weighted by atomic mass is 35.5. The van der Waals surface area contributed by atoms with Gasteiger partial charge in [-0.1, -0.05) is 12.1 Å². The van der Waals surface area contributed by atoms with E-state index in [4.69, 9.17) is 5.73 Å². The monoisotopic (exact) mass is 281 g/mol. The average Bonchev–Trinajstić information content (AvgIpc) is 2.60. The fourth-order valence-electron chi connectivity index (χ4n) is 3.13. The van der Waals surface area contributed by atoms with Crippen LogP contribution >= 0.6 is 12.4 Å². The molecular weight excluding hydrogens is 262 g/mol. The second-order valence-electron chi connectivity index (χ2n) is 5.31. The van der Waals surface area contributed by atoms with Crippen LogP contribution in [-0.2, 0) is 11.3 Å². The van der Waals surface area contributed by atoms with E-state index in [0.29, 0.717) is 18.5 Å². The first-order chi connectivity index (χ1) is 8.72. The van der Waals surface area contributed by atoms with Crippen molar-refractivity contribution in [2.24, 2.45) is 0 Å². The van der Waals surface area contributed by atoms with Crippen LogP contribution in [0.2, 0.25) is 0 Å². The molecule has 0 aliphatic carbocycles. The standard InChI is InChI=1S/C14H19N3O.ClH/c15-11-3-1-2-10(6-11)9-17-12-4-5-13(17)8-16-14(18)7-12;/h1-3,6,12-13H,4-5,7-9,15H2,(H,16,18);1H. The Labute approximate surface area is 119 Å². The van der Waals surface area contributed by atoms with Crippen LogP contribution in [0.15, 0.2) is 24.3 Å². The number of amides is 1. The summed E-state index contributed by atoms with van der Waals surface area (Å²) >= 11 is 0. The zero-order valence-corrected chi connectivity index (χ0v) is 11.7. The van der Waals surface area contributed by atoms with Crippen LogP contribution in [0.25, 0.3) is 0 Å². The van der Waals surface area contributed by atoms with E-state index < -0.39 is 0 Å². The van der Waals surface area contributed by atoms with Gasteiger partial charge in [0.2, 0.25) is 5.91 Å². The Morgan fingerprint density at radius 1 is 1.32 bits per heavy atom. The smallest absolute Gasteiger partial charge is 0.221 e. The van der Waals surface area contributed by atoms with Gasteiger partial charge in [-0.3, -0.25) is 9.69 Å². The summed E-state index contributed by atoms with van der Waals surface area (Å²) < 4.78 is 0. The van der Waals surface area contributed by atoms with Gasteiger partial charge in [0, 0.05) is 37.3 Å². The first-order valence-electron chi connectivity index (χ1n) is 6.59. The van der Waals surface area contributed by atoms with Crippen molar-refractivity contribution in [3.05, 3.63) is 29.8 Å². The number of benzene rings is 1. The predicted octanol–water partition coefficient (Wildman–Crippen LogP) is 1.54. The summed E-state index contributed by atoms with van der Waals surface area (Å²) in [5, 5.41) is 3.00. The van der Waals surface area contributed by atoms with Crippen LogP contribution in [0.3, 0.4) is 0 Å². The summed E-state index contributed by atoms with van der Waals surface area (Å²) in [6.45, 7) is 1.69. The molecule has 2 unspecified atom stereocenters. The largest absolute Gasteiger partial charge is 0.399 e. The molecule has 5 heteroatoms. The number of nitrogens with zero attached hydrogens (tertiary/aromatic N) is 1. The first-order valence-corrected chi connectivity index (χ1v) is 6.59. The normalized spacial score (nSPS) is 26.4. The van der Waals surface area contributed by atoms with Crippen molar-refractivity contribution in [3.63, 3.8) is 0 Å². The third-order valence-electron chi connectivity index (χ3n) is 4.04. The van der Waals surface area contributed by atoms with Gasteiger partial charge >= 0.3 is 0 Å². The zero-order chi connectivity index (χ0) is 12.5. The molecule has 3 N–H and O–H groups in total. The molecule has 2 aliphatic heterocycles. The van der Waals surface area contributed by atoms with Gasteiger partial charge in [0.05, 0.1) is 0 Å². The van der Waals surface area contributed by atoms with Crippen molar-refractivity contribution in [3.8, 4) is 0 Å². The maximum absolute atomic E-state index is 11.6. The number of anilines is 1. The molecule has 2 heterocycles. The van der Waals surface area contributed by atoms with Crippen LogP contribution in [0.1, 0.15) is 24.8 Å². The molecule has 2 atom stereocenters. The van der Waals surface area contributed by atoms with Crippen molar-refractivity contribution in [2.75, 3.05) is 12.3 Å². The van der Waals surface area contributed by atoms with Gasteiger partial charge in [-0.05, 0) is 30.5 Å². The molecule has 2 bridgehead atoms. The van der Waals surface area contributed by atoms with Gasteiger partial charge < -0.3 is 11.1 Å². The molecule has 0 saturated carbocycles. The second kappa shape index (κ2) is 5.80. The van der Waals surface area contributed by atoms with Crippen molar-refractivity contribution in [2.45, 2.75) is 37.9 Å². The molecule has 2 saturated heterocycles. The number of nitrogens with one attached hydrogen (secondary N) is 1. The Morgan fingerprint density at radius 2 is 2.11 bits per heavy atom. The Hall–Kier alpha value is -1.26. The molecular formula is C14H20ClN3O. The third kappa shape index (κ3) is 3.01. The summed E-state index contributed by atoms with van der Waals surface area (Å²) in [6, 6.07) is 8.93. The first kappa shape index (κ1) is 14.2. The number of carbonyl (C=O) groups excluding carboxylic acids is 1. The van der Waals surface area contributed by atoms with Crippen molar-refractivity contribution in [1.82, 2.24) is 10.2 Å². The maximum atomic E-state index is 11.6. The number of fused-ring (bicyclic) bond motifs is 2. The van der Waals surface area contributed by atoms with Gasteiger partial charge in [-0.25, -0.2) is 0 Å². The zero-order valence-electron chi connectivity index (χ0n) is 10.8. The molecule has 2 aliphatic rings. The summed E-state index contributed by atoms with van der Waals surface area (Å²) in [6.07, 6.45) is 2.96. The van der Waals surface area contributed by atoms with Crippen LogP contribution < -0.4 is 11.1 Å². The lowest BCUT2D eigenvalue weighted by Crippen LogP contribution is -2.37. The fraction of sp³-hybridized carbons (Fsp3) is 0.500. The SMILES string of the molecule is Cl.Nc1cccc(CN2C3CCC2CC(=O)NC3)c1. The highest BCUT2D eigenvalue weighted by Crippen LogP contribution is 2.30. The molecule has 19 heavy (non-hydrogen) atoms. The van der Waals surface area contributed by atoms with Crippen LogP contribution in [0.5, 0.6) is 0 Å². The lowest BCUT2D eigenvalue weighted by Gasteiger charge is -2.27. The van der Waals surface area contributed by atoms with Gasteiger partial charge in [0.25, 0.3) is 0 Å². The average molecular weight is 282 g/mol. The van der Waals surface area contributed by atoms with Gasteiger partial charge in [-0.15, -0.1) is 12.4 Å². The Kier molecular flexibility index (Phi) is 4.32. The van der Waals surface area contributed by atoms with E-state index in [0.717, 1.165) is 25.2 Å². The molecule has 0 spiro atoms. The maximum Gasteiger partial charge on any atom is 0.221 e. The fourth-order valence-corrected chi connectivity index (χ4v) is 3.13. The summed E-state index contributed by atoms with van der Waals surface area (Å²) in [4.78, 5) is 14.0. The number of halogens is 1. The van der Waals surface area contributed by atoms with E-state index in [1.165, 1.54) is 12.0 Å². The minimum atomic E-state index is 0. The van der Waals surface area contributed by atoms with Gasteiger partial charge in [0.1, 0.15) is 0 Å². The summed E-state index contributed by atoms with van der Waals surface area (Å²) in [5.41, 5.74) is 7.86. The molecule has 0 aromatic heterocycles. The lowest BCUT2D eigenvalue weighted by atomic mass is 10.1.